The van der Waals surface area contributed by atoms with Crippen LogP contribution in [-0.4, -0.2) is 9.97 Å². The molecule has 0 aliphatic rings. The van der Waals surface area contributed by atoms with Crippen molar-refractivity contribution in [2.75, 3.05) is 5.32 Å². The summed E-state index contributed by atoms with van der Waals surface area (Å²) in [6, 6.07) is 14.3. The second-order valence-electron chi connectivity index (χ2n) is 5.80. The van der Waals surface area contributed by atoms with Crippen LogP contribution >= 0.6 is 0 Å². The molecular formula is C21H20FN3. The van der Waals surface area contributed by atoms with E-state index in [2.05, 4.69) is 41.3 Å². The molecule has 0 atom stereocenters. The van der Waals surface area contributed by atoms with Gasteiger partial charge in [-0.15, -0.1) is 0 Å². The Bertz CT molecular complexity index is 889. The van der Waals surface area contributed by atoms with Crippen molar-refractivity contribution in [3.8, 4) is 11.3 Å². The molecule has 2 heterocycles. The number of pyridine rings is 2. The molecule has 0 amide bonds. The molecule has 0 radical (unpaired) electrons. The fourth-order valence-corrected chi connectivity index (χ4v) is 2.62. The van der Waals surface area contributed by atoms with Crippen LogP contribution in [0.5, 0.6) is 0 Å². The first-order valence-corrected chi connectivity index (χ1v) is 8.28. The Morgan fingerprint density at radius 3 is 2.76 bits per heavy atom. The summed E-state index contributed by atoms with van der Waals surface area (Å²) >= 11 is 0. The molecule has 4 heteroatoms. The molecule has 0 aliphatic heterocycles. The van der Waals surface area contributed by atoms with Gasteiger partial charge in [0.25, 0.3) is 0 Å². The number of aromatic nitrogens is 2. The number of anilines is 2. The average molecular weight is 333 g/mol. The first-order chi connectivity index (χ1) is 12.2. The number of nitrogens with one attached hydrogen (secondary N) is 1. The normalized spacial score (nSPS) is 11.4. The predicted molar refractivity (Wildman–Crippen MR) is 101 cm³/mol. The fraction of sp³-hybridized carbons (Fsp3) is 0.143. The molecule has 3 nitrogen and oxygen atoms in total. The number of hydrogen-bond donors (Lipinski definition) is 1. The highest BCUT2D eigenvalue weighted by Gasteiger charge is 2.07. The van der Waals surface area contributed by atoms with E-state index in [9.17, 15) is 4.39 Å². The topological polar surface area (TPSA) is 37.8 Å². The zero-order chi connectivity index (χ0) is 17.6. The zero-order valence-electron chi connectivity index (χ0n) is 14.3. The molecular weight excluding hydrogens is 313 g/mol. The lowest BCUT2D eigenvalue weighted by Gasteiger charge is -2.12. The molecule has 0 saturated heterocycles. The van der Waals surface area contributed by atoms with E-state index in [1.807, 2.05) is 24.3 Å². The van der Waals surface area contributed by atoms with Gasteiger partial charge in [-0.1, -0.05) is 19.1 Å². The van der Waals surface area contributed by atoms with Gasteiger partial charge in [0, 0.05) is 23.6 Å². The van der Waals surface area contributed by atoms with Crippen LogP contribution in [0, 0.1) is 5.82 Å². The molecule has 0 bridgehead atoms. The quantitative estimate of drug-likeness (QED) is 0.637. The van der Waals surface area contributed by atoms with Gasteiger partial charge in [0.15, 0.2) is 0 Å². The van der Waals surface area contributed by atoms with Crippen molar-refractivity contribution >= 4 is 17.1 Å². The summed E-state index contributed by atoms with van der Waals surface area (Å²) in [6.07, 6.45) is 6.66. The zero-order valence-corrected chi connectivity index (χ0v) is 14.3. The van der Waals surface area contributed by atoms with Gasteiger partial charge in [-0.3, -0.25) is 4.98 Å². The SMILES string of the molecule is CC/C=C(\C)c1cc(Nc2cccc(F)c2)nc(-c2cccnc2)c1. The molecule has 0 fully saturated rings. The van der Waals surface area contributed by atoms with Gasteiger partial charge < -0.3 is 5.32 Å². The predicted octanol–water partition coefficient (Wildman–Crippen LogP) is 5.84. The standard InChI is InChI=1S/C21H20FN3/c1-3-6-15(2)17-11-20(16-7-5-10-23-14-16)25-21(12-17)24-19-9-4-8-18(22)13-19/h4-14H,3H2,1-2H3,(H,24,25)/b15-6+. The van der Waals surface area contributed by atoms with Crippen LogP contribution in [0.1, 0.15) is 25.8 Å². The third-order valence-corrected chi connectivity index (χ3v) is 3.85. The molecule has 1 N–H and O–H groups in total. The second-order valence-corrected chi connectivity index (χ2v) is 5.80. The van der Waals surface area contributed by atoms with Crippen LogP contribution in [-0.2, 0) is 0 Å². The first kappa shape index (κ1) is 16.8. The highest BCUT2D eigenvalue weighted by atomic mass is 19.1. The number of allylic oxidation sites excluding steroid dienone is 2. The summed E-state index contributed by atoms with van der Waals surface area (Å²) in [4.78, 5) is 8.84. The number of rotatable bonds is 5. The maximum absolute atomic E-state index is 13.4. The lowest BCUT2D eigenvalue weighted by Crippen LogP contribution is -1.98. The summed E-state index contributed by atoms with van der Waals surface area (Å²) in [5.74, 6) is 0.390. The van der Waals surface area contributed by atoms with Gasteiger partial charge in [0.1, 0.15) is 11.6 Å². The molecule has 0 saturated carbocycles. The Morgan fingerprint density at radius 2 is 2.04 bits per heavy atom. The number of benzene rings is 1. The van der Waals surface area contributed by atoms with Crippen LogP contribution in [0.25, 0.3) is 16.8 Å². The largest absolute Gasteiger partial charge is 0.340 e. The summed E-state index contributed by atoms with van der Waals surface area (Å²) < 4.78 is 13.4. The number of hydrogen-bond acceptors (Lipinski definition) is 3. The van der Waals surface area contributed by atoms with Crippen LogP contribution < -0.4 is 5.32 Å². The summed E-state index contributed by atoms with van der Waals surface area (Å²) in [6.45, 7) is 4.19. The molecule has 126 valence electrons. The first-order valence-electron chi connectivity index (χ1n) is 8.28. The van der Waals surface area contributed by atoms with Crippen LogP contribution in [0.3, 0.4) is 0 Å². The van der Waals surface area contributed by atoms with Crippen molar-refractivity contribution in [2.24, 2.45) is 0 Å². The maximum Gasteiger partial charge on any atom is 0.131 e. The Morgan fingerprint density at radius 1 is 1.16 bits per heavy atom. The highest BCUT2D eigenvalue weighted by molar-refractivity contribution is 5.73. The molecule has 2 aromatic heterocycles. The molecule has 0 spiro atoms. The molecule has 25 heavy (non-hydrogen) atoms. The van der Waals surface area contributed by atoms with Crippen molar-refractivity contribution in [1.82, 2.24) is 9.97 Å². The maximum atomic E-state index is 13.4. The lowest BCUT2D eigenvalue weighted by atomic mass is 10.0. The highest BCUT2D eigenvalue weighted by Crippen LogP contribution is 2.26. The second kappa shape index (κ2) is 7.71. The van der Waals surface area contributed by atoms with Crippen molar-refractivity contribution in [3.05, 3.63) is 78.4 Å². The van der Waals surface area contributed by atoms with Gasteiger partial charge in [-0.25, -0.2) is 9.37 Å². The third-order valence-electron chi connectivity index (χ3n) is 3.85. The van der Waals surface area contributed by atoms with Crippen LogP contribution in [0.2, 0.25) is 0 Å². The molecule has 3 aromatic rings. The summed E-state index contributed by atoms with van der Waals surface area (Å²) in [7, 11) is 0. The number of halogens is 1. The van der Waals surface area contributed by atoms with E-state index < -0.39 is 0 Å². The van der Waals surface area contributed by atoms with Crippen molar-refractivity contribution in [3.63, 3.8) is 0 Å². The molecule has 0 unspecified atom stereocenters. The molecule has 1 aromatic carbocycles. The van der Waals surface area contributed by atoms with Gasteiger partial charge in [-0.05, 0) is 66.9 Å². The Balaban J connectivity index is 2.04. The number of nitrogens with zero attached hydrogens (tertiary/aromatic N) is 2. The van der Waals surface area contributed by atoms with Gasteiger partial charge in [-0.2, -0.15) is 0 Å². The van der Waals surface area contributed by atoms with E-state index in [0.717, 1.165) is 23.2 Å². The van der Waals surface area contributed by atoms with Gasteiger partial charge in [0.2, 0.25) is 0 Å². The van der Waals surface area contributed by atoms with Gasteiger partial charge >= 0.3 is 0 Å². The van der Waals surface area contributed by atoms with E-state index in [0.29, 0.717) is 11.5 Å². The van der Waals surface area contributed by atoms with Crippen LogP contribution in [0.15, 0.2) is 67.0 Å². The van der Waals surface area contributed by atoms with E-state index in [-0.39, 0.29) is 5.82 Å². The molecule has 3 rings (SSSR count). The minimum absolute atomic E-state index is 0.282. The van der Waals surface area contributed by atoms with E-state index in [4.69, 9.17) is 0 Å². The third kappa shape index (κ3) is 4.29. The van der Waals surface area contributed by atoms with Gasteiger partial charge in [0.05, 0.1) is 5.69 Å². The van der Waals surface area contributed by atoms with Crippen LogP contribution in [0.4, 0.5) is 15.9 Å². The Labute approximate surface area is 147 Å². The Kier molecular flexibility index (Phi) is 5.19. The minimum Gasteiger partial charge on any atom is -0.340 e. The minimum atomic E-state index is -0.282. The summed E-state index contributed by atoms with van der Waals surface area (Å²) in [5, 5.41) is 3.19. The smallest absolute Gasteiger partial charge is 0.131 e. The fourth-order valence-electron chi connectivity index (χ4n) is 2.62. The van der Waals surface area contributed by atoms with E-state index in [1.165, 1.54) is 17.7 Å². The van der Waals surface area contributed by atoms with E-state index >= 15 is 0 Å². The molecule has 0 aliphatic carbocycles. The monoisotopic (exact) mass is 333 g/mol. The average Bonchev–Trinajstić information content (AvgIpc) is 2.62. The lowest BCUT2D eigenvalue weighted by molar-refractivity contribution is 0.628. The van der Waals surface area contributed by atoms with E-state index in [1.54, 1.807) is 18.5 Å². The van der Waals surface area contributed by atoms with Crippen molar-refractivity contribution < 1.29 is 4.39 Å². The Hall–Kier alpha value is -3.01. The van der Waals surface area contributed by atoms with Crippen molar-refractivity contribution in [1.29, 1.82) is 0 Å². The summed E-state index contributed by atoms with van der Waals surface area (Å²) in [5.41, 5.74) is 4.69. The van der Waals surface area contributed by atoms with Crippen molar-refractivity contribution in [2.45, 2.75) is 20.3 Å².